The van der Waals surface area contributed by atoms with Gasteiger partial charge in [-0.1, -0.05) is 48.0 Å². The molecule has 0 N–H and O–H groups in total. The van der Waals surface area contributed by atoms with Crippen molar-refractivity contribution in [2.45, 2.75) is 20.0 Å². The summed E-state index contributed by atoms with van der Waals surface area (Å²) in [5.74, 6) is -2.02. The topological polar surface area (TPSA) is 80.8 Å². The SMILES string of the molecule is Cc1ccc(N2C(=O)c3ccc(C(=O)OC(C)C(=O)c4ccccc4)cc3C2=O)cc1. The van der Waals surface area contributed by atoms with Crippen LogP contribution >= 0.6 is 0 Å². The second-order valence-corrected chi connectivity index (χ2v) is 7.32. The molecular weight excluding hydrogens is 394 g/mol. The Hall–Kier alpha value is -4.06. The number of hydrogen-bond acceptors (Lipinski definition) is 5. The zero-order valence-corrected chi connectivity index (χ0v) is 17.0. The third kappa shape index (κ3) is 3.75. The average molecular weight is 413 g/mol. The molecule has 154 valence electrons. The summed E-state index contributed by atoms with van der Waals surface area (Å²) in [6.45, 7) is 3.40. The van der Waals surface area contributed by atoms with Gasteiger partial charge >= 0.3 is 5.97 Å². The first kappa shape index (κ1) is 20.2. The number of ether oxygens (including phenoxy) is 1. The van der Waals surface area contributed by atoms with E-state index < -0.39 is 23.9 Å². The van der Waals surface area contributed by atoms with Crippen molar-refractivity contribution >= 4 is 29.3 Å². The van der Waals surface area contributed by atoms with Crippen LogP contribution in [0.15, 0.2) is 72.8 Å². The van der Waals surface area contributed by atoms with Crippen molar-refractivity contribution in [2.24, 2.45) is 0 Å². The normalized spacial score (nSPS) is 13.7. The smallest absolute Gasteiger partial charge is 0.338 e. The minimum absolute atomic E-state index is 0.0957. The predicted octanol–water partition coefficient (Wildman–Crippen LogP) is 4.22. The molecule has 0 radical (unpaired) electrons. The molecule has 0 saturated heterocycles. The number of carbonyl (C=O) groups is 4. The number of imide groups is 1. The van der Waals surface area contributed by atoms with Gasteiger partial charge in [0.2, 0.25) is 5.78 Å². The fraction of sp³-hybridized carbons (Fsp3) is 0.120. The van der Waals surface area contributed by atoms with Crippen LogP contribution in [0.25, 0.3) is 0 Å². The Morgan fingerprint density at radius 3 is 2.13 bits per heavy atom. The van der Waals surface area contributed by atoms with Gasteiger partial charge in [-0.05, 0) is 44.2 Å². The molecule has 1 aliphatic heterocycles. The van der Waals surface area contributed by atoms with E-state index in [2.05, 4.69) is 0 Å². The minimum Gasteiger partial charge on any atom is -0.451 e. The van der Waals surface area contributed by atoms with E-state index in [1.54, 1.807) is 42.5 Å². The van der Waals surface area contributed by atoms with Crippen LogP contribution in [0.1, 0.15) is 53.9 Å². The Labute approximate surface area is 179 Å². The van der Waals surface area contributed by atoms with Crippen LogP contribution in [0.4, 0.5) is 5.69 Å². The number of benzene rings is 3. The van der Waals surface area contributed by atoms with E-state index >= 15 is 0 Å². The zero-order chi connectivity index (χ0) is 22.1. The van der Waals surface area contributed by atoms with Crippen LogP contribution in [0.5, 0.6) is 0 Å². The molecule has 1 unspecified atom stereocenters. The number of aryl methyl sites for hydroxylation is 1. The minimum atomic E-state index is -0.996. The van der Waals surface area contributed by atoms with Gasteiger partial charge in [0.15, 0.2) is 6.10 Å². The highest BCUT2D eigenvalue weighted by atomic mass is 16.5. The van der Waals surface area contributed by atoms with Crippen molar-refractivity contribution in [3.05, 3.63) is 101 Å². The average Bonchev–Trinajstić information content (AvgIpc) is 3.04. The fourth-order valence-corrected chi connectivity index (χ4v) is 3.42. The lowest BCUT2D eigenvalue weighted by molar-refractivity contribution is 0.0318. The molecule has 0 bridgehead atoms. The maximum absolute atomic E-state index is 12.9. The zero-order valence-electron chi connectivity index (χ0n) is 17.0. The number of esters is 1. The van der Waals surface area contributed by atoms with Gasteiger partial charge in [0.1, 0.15) is 0 Å². The quantitative estimate of drug-likeness (QED) is 0.355. The first-order chi connectivity index (χ1) is 14.9. The summed E-state index contributed by atoms with van der Waals surface area (Å²) in [4.78, 5) is 51.7. The van der Waals surface area contributed by atoms with Crippen LogP contribution in [0.3, 0.4) is 0 Å². The molecule has 0 fully saturated rings. The molecule has 6 nitrogen and oxygen atoms in total. The van der Waals surface area contributed by atoms with E-state index in [0.29, 0.717) is 11.3 Å². The lowest BCUT2D eigenvalue weighted by Crippen LogP contribution is -2.29. The monoisotopic (exact) mass is 413 g/mol. The second-order valence-electron chi connectivity index (χ2n) is 7.32. The molecule has 31 heavy (non-hydrogen) atoms. The van der Waals surface area contributed by atoms with Gasteiger partial charge in [-0.15, -0.1) is 0 Å². The van der Waals surface area contributed by atoms with Gasteiger partial charge in [0, 0.05) is 5.56 Å². The molecule has 0 aromatic heterocycles. The Kier molecular flexibility index (Phi) is 5.21. The summed E-state index contributed by atoms with van der Waals surface area (Å²) in [6.07, 6.45) is -0.996. The van der Waals surface area contributed by atoms with Crippen molar-refractivity contribution in [1.29, 1.82) is 0 Å². The number of rotatable bonds is 5. The number of nitrogens with zero attached hydrogens (tertiary/aromatic N) is 1. The van der Waals surface area contributed by atoms with Crippen LogP contribution in [-0.4, -0.2) is 29.7 Å². The molecule has 0 spiro atoms. The van der Waals surface area contributed by atoms with Gasteiger partial charge in [-0.2, -0.15) is 0 Å². The van der Waals surface area contributed by atoms with Gasteiger partial charge in [-0.25, -0.2) is 9.69 Å². The van der Waals surface area contributed by atoms with Crippen molar-refractivity contribution < 1.29 is 23.9 Å². The van der Waals surface area contributed by atoms with Gasteiger partial charge in [0.25, 0.3) is 11.8 Å². The highest BCUT2D eigenvalue weighted by Gasteiger charge is 2.37. The Bertz CT molecular complexity index is 1200. The number of ketones is 1. The molecule has 1 aliphatic rings. The number of fused-ring (bicyclic) bond motifs is 1. The maximum atomic E-state index is 12.9. The first-order valence-corrected chi connectivity index (χ1v) is 9.76. The molecule has 3 aromatic carbocycles. The summed E-state index contributed by atoms with van der Waals surface area (Å²) >= 11 is 0. The van der Waals surface area contributed by atoms with E-state index in [-0.39, 0.29) is 22.5 Å². The van der Waals surface area contributed by atoms with Gasteiger partial charge < -0.3 is 4.74 Å². The maximum Gasteiger partial charge on any atom is 0.338 e. The number of anilines is 1. The number of amides is 2. The van der Waals surface area contributed by atoms with E-state index in [1.165, 1.54) is 25.1 Å². The van der Waals surface area contributed by atoms with Crippen molar-refractivity contribution in [3.8, 4) is 0 Å². The van der Waals surface area contributed by atoms with Crippen molar-refractivity contribution in [3.63, 3.8) is 0 Å². The largest absolute Gasteiger partial charge is 0.451 e. The van der Waals surface area contributed by atoms with Crippen LogP contribution in [0, 0.1) is 6.92 Å². The third-order valence-corrected chi connectivity index (χ3v) is 5.13. The second kappa shape index (κ2) is 7.99. The van der Waals surface area contributed by atoms with E-state index in [4.69, 9.17) is 4.74 Å². The van der Waals surface area contributed by atoms with Crippen molar-refractivity contribution in [1.82, 2.24) is 0 Å². The van der Waals surface area contributed by atoms with Crippen LogP contribution < -0.4 is 4.90 Å². The summed E-state index contributed by atoms with van der Waals surface area (Å²) in [5, 5.41) is 0. The van der Waals surface area contributed by atoms with Crippen molar-refractivity contribution in [2.75, 3.05) is 4.90 Å². The molecule has 6 heteroatoms. The predicted molar refractivity (Wildman–Crippen MR) is 114 cm³/mol. The van der Waals surface area contributed by atoms with Crippen LogP contribution in [-0.2, 0) is 4.74 Å². The molecule has 1 atom stereocenters. The molecule has 0 saturated carbocycles. The van der Waals surface area contributed by atoms with E-state index in [9.17, 15) is 19.2 Å². The fourth-order valence-electron chi connectivity index (χ4n) is 3.42. The molecule has 3 aromatic rings. The lowest BCUT2D eigenvalue weighted by atomic mass is 10.1. The Morgan fingerprint density at radius 2 is 1.45 bits per heavy atom. The summed E-state index contributed by atoms with van der Waals surface area (Å²) in [6, 6.07) is 19.7. The standard InChI is InChI=1S/C25H19NO5/c1-15-8-11-19(12-9-15)26-23(28)20-13-10-18(14-21(20)24(26)29)25(30)31-16(2)22(27)17-6-4-3-5-7-17/h3-14,16H,1-2H3. The number of Topliss-reactive ketones (excluding diaryl/α,β-unsaturated/α-hetero) is 1. The highest BCUT2D eigenvalue weighted by molar-refractivity contribution is 6.34. The lowest BCUT2D eigenvalue weighted by Gasteiger charge is -2.13. The summed E-state index contributed by atoms with van der Waals surface area (Å²) in [7, 11) is 0. The number of carbonyl (C=O) groups excluding carboxylic acids is 4. The van der Waals surface area contributed by atoms with E-state index in [1.807, 2.05) is 19.1 Å². The molecule has 2 amide bonds. The molecule has 4 rings (SSSR count). The first-order valence-electron chi connectivity index (χ1n) is 9.76. The molecular formula is C25H19NO5. The van der Waals surface area contributed by atoms with Gasteiger partial charge in [-0.3, -0.25) is 14.4 Å². The molecule has 0 aliphatic carbocycles. The van der Waals surface area contributed by atoms with Crippen LogP contribution in [0.2, 0.25) is 0 Å². The summed E-state index contributed by atoms with van der Waals surface area (Å²) in [5.41, 5.74) is 2.34. The van der Waals surface area contributed by atoms with E-state index in [0.717, 1.165) is 10.5 Å². The Balaban J connectivity index is 1.55. The highest BCUT2D eigenvalue weighted by Crippen LogP contribution is 2.29. The van der Waals surface area contributed by atoms with Gasteiger partial charge in [0.05, 0.1) is 22.4 Å². The molecule has 1 heterocycles. The number of hydrogen-bond donors (Lipinski definition) is 0. The summed E-state index contributed by atoms with van der Waals surface area (Å²) < 4.78 is 5.30. The third-order valence-electron chi connectivity index (χ3n) is 5.13. The Morgan fingerprint density at radius 1 is 0.806 bits per heavy atom.